The SMILES string of the molecule is Cc1ccc(C(=O)Nc2ccc(N3CCCCC3)c(Cl)c2)cc1C. The Morgan fingerprint density at radius 2 is 1.75 bits per heavy atom. The maximum absolute atomic E-state index is 12.4. The third-order valence-corrected chi connectivity index (χ3v) is 4.97. The molecule has 0 aliphatic carbocycles. The van der Waals surface area contributed by atoms with Gasteiger partial charge in [-0.05, 0) is 74.6 Å². The number of hydrogen-bond donors (Lipinski definition) is 1. The Bertz CT molecular complexity index is 751. The molecular formula is C20H23ClN2O. The van der Waals surface area contributed by atoms with E-state index in [0.29, 0.717) is 10.6 Å². The summed E-state index contributed by atoms with van der Waals surface area (Å²) in [7, 11) is 0. The first kappa shape index (κ1) is 16.8. The predicted octanol–water partition coefficient (Wildman–Crippen LogP) is 5.20. The van der Waals surface area contributed by atoms with Gasteiger partial charge in [-0.1, -0.05) is 17.7 Å². The Morgan fingerprint density at radius 1 is 1.00 bits per heavy atom. The summed E-state index contributed by atoms with van der Waals surface area (Å²) in [6.45, 7) is 6.15. The number of amides is 1. The molecule has 3 nitrogen and oxygen atoms in total. The van der Waals surface area contributed by atoms with Crippen molar-refractivity contribution >= 4 is 28.9 Å². The Morgan fingerprint density at radius 3 is 2.42 bits per heavy atom. The van der Waals surface area contributed by atoms with Crippen molar-refractivity contribution in [2.24, 2.45) is 0 Å². The number of anilines is 2. The summed E-state index contributed by atoms with van der Waals surface area (Å²) in [6.07, 6.45) is 3.71. The van der Waals surface area contributed by atoms with Crippen LogP contribution in [-0.4, -0.2) is 19.0 Å². The van der Waals surface area contributed by atoms with Gasteiger partial charge >= 0.3 is 0 Å². The molecule has 1 saturated heterocycles. The molecule has 1 N–H and O–H groups in total. The molecule has 2 aromatic rings. The fourth-order valence-corrected chi connectivity index (χ4v) is 3.36. The Balaban J connectivity index is 1.74. The molecule has 1 fully saturated rings. The van der Waals surface area contributed by atoms with E-state index in [2.05, 4.69) is 10.2 Å². The van der Waals surface area contributed by atoms with E-state index >= 15 is 0 Å². The van der Waals surface area contributed by atoms with Gasteiger partial charge in [-0.2, -0.15) is 0 Å². The van der Waals surface area contributed by atoms with Crippen LogP contribution in [0.1, 0.15) is 40.7 Å². The molecule has 1 aliphatic rings. The molecule has 0 spiro atoms. The second kappa shape index (κ2) is 7.27. The van der Waals surface area contributed by atoms with Gasteiger partial charge in [-0.15, -0.1) is 0 Å². The zero-order valence-corrected chi connectivity index (χ0v) is 15.0. The molecule has 0 atom stereocenters. The van der Waals surface area contributed by atoms with Crippen molar-refractivity contribution in [1.29, 1.82) is 0 Å². The summed E-state index contributed by atoms with van der Waals surface area (Å²) in [5.41, 5.74) is 4.74. The van der Waals surface area contributed by atoms with Gasteiger partial charge in [0.2, 0.25) is 0 Å². The highest BCUT2D eigenvalue weighted by Crippen LogP contribution is 2.31. The largest absolute Gasteiger partial charge is 0.370 e. The van der Waals surface area contributed by atoms with Crippen molar-refractivity contribution in [2.75, 3.05) is 23.3 Å². The van der Waals surface area contributed by atoms with Crippen molar-refractivity contribution in [1.82, 2.24) is 0 Å². The minimum Gasteiger partial charge on any atom is -0.370 e. The minimum absolute atomic E-state index is 0.111. The van der Waals surface area contributed by atoms with Crippen molar-refractivity contribution < 1.29 is 4.79 Å². The summed E-state index contributed by atoms with van der Waals surface area (Å²) in [4.78, 5) is 14.7. The van der Waals surface area contributed by atoms with Gasteiger partial charge in [0.05, 0.1) is 10.7 Å². The van der Waals surface area contributed by atoms with Crippen LogP contribution < -0.4 is 10.2 Å². The number of carbonyl (C=O) groups excluding carboxylic acids is 1. The van der Waals surface area contributed by atoms with E-state index < -0.39 is 0 Å². The smallest absolute Gasteiger partial charge is 0.255 e. The van der Waals surface area contributed by atoms with Crippen LogP contribution in [-0.2, 0) is 0 Å². The van der Waals surface area contributed by atoms with Crippen molar-refractivity contribution in [3.63, 3.8) is 0 Å². The average molecular weight is 343 g/mol. The number of hydrogen-bond acceptors (Lipinski definition) is 2. The highest BCUT2D eigenvalue weighted by molar-refractivity contribution is 6.33. The first-order valence-electron chi connectivity index (χ1n) is 8.48. The van der Waals surface area contributed by atoms with Gasteiger partial charge in [0.15, 0.2) is 0 Å². The molecule has 0 saturated carbocycles. The summed E-state index contributed by atoms with van der Waals surface area (Å²) in [5, 5.41) is 3.62. The fourth-order valence-electron chi connectivity index (χ4n) is 3.06. The minimum atomic E-state index is -0.111. The number of piperidine rings is 1. The Kier molecular flexibility index (Phi) is 5.10. The summed E-state index contributed by atoms with van der Waals surface area (Å²) in [5.74, 6) is -0.111. The number of nitrogens with one attached hydrogen (secondary N) is 1. The third kappa shape index (κ3) is 3.73. The van der Waals surface area contributed by atoms with Gasteiger partial charge in [0.25, 0.3) is 5.91 Å². The van der Waals surface area contributed by atoms with Crippen LogP contribution in [0.15, 0.2) is 36.4 Å². The fraction of sp³-hybridized carbons (Fsp3) is 0.350. The summed E-state index contributed by atoms with van der Waals surface area (Å²) < 4.78 is 0. The van der Waals surface area contributed by atoms with Crippen LogP contribution in [0.2, 0.25) is 5.02 Å². The lowest BCUT2D eigenvalue weighted by Crippen LogP contribution is -2.29. The van der Waals surface area contributed by atoms with Gasteiger partial charge in [0.1, 0.15) is 0 Å². The van der Waals surface area contributed by atoms with E-state index in [1.165, 1.54) is 24.8 Å². The molecule has 2 aromatic carbocycles. The van der Waals surface area contributed by atoms with Crippen LogP contribution in [0.25, 0.3) is 0 Å². The molecule has 24 heavy (non-hydrogen) atoms. The number of aryl methyl sites for hydroxylation is 2. The molecule has 0 unspecified atom stereocenters. The molecule has 3 rings (SSSR count). The van der Waals surface area contributed by atoms with Gasteiger partial charge in [-0.3, -0.25) is 4.79 Å². The lowest BCUT2D eigenvalue weighted by Gasteiger charge is -2.29. The molecule has 4 heteroatoms. The van der Waals surface area contributed by atoms with Crippen molar-refractivity contribution in [3.8, 4) is 0 Å². The monoisotopic (exact) mass is 342 g/mol. The Labute approximate surface area is 148 Å². The number of carbonyl (C=O) groups is 1. The van der Waals surface area contributed by atoms with Gasteiger partial charge in [-0.25, -0.2) is 0 Å². The standard InChI is InChI=1S/C20H23ClN2O/c1-14-6-7-16(12-15(14)2)20(24)22-17-8-9-19(18(21)13-17)23-10-4-3-5-11-23/h6-9,12-13H,3-5,10-11H2,1-2H3,(H,22,24). The molecule has 0 radical (unpaired) electrons. The second-order valence-corrected chi connectivity index (χ2v) is 6.87. The molecule has 126 valence electrons. The predicted molar refractivity (Wildman–Crippen MR) is 101 cm³/mol. The highest BCUT2D eigenvalue weighted by atomic mass is 35.5. The van der Waals surface area contributed by atoms with E-state index in [9.17, 15) is 4.79 Å². The lowest BCUT2D eigenvalue weighted by molar-refractivity contribution is 0.102. The number of nitrogens with zero attached hydrogens (tertiary/aromatic N) is 1. The maximum Gasteiger partial charge on any atom is 0.255 e. The third-order valence-electron chi connectivity index (χ3n) is 4.67. The quantitative estimate of drug-likeness (QED) is 0.831. The summed E-state index contributed by atoms with van der Waals surface area (Å²) in [6, 6.07) is 11.5. The van der Waals surface area contributed by atoms with Crippen molar-refractivity contribution in [3.05, 3.63) is 58.1 Å². The topological polar surface area (TPSA) is 32.3 Å². The molecule has 1 heterocycles. The number of benzene rings is 2. The van der Waals surface area contributed by atoms with Gasteiger partial charge in [0, 0.05) is 24.3 Å². The van der Waals surface area contributed by atoms with E-state index in [-0.39, 0.29) is 5.91 Å². The van der Waals surface area contributed by atoms with Crippen LogP contribution in [0.3, 0.4) is 0 Å². The van der Waals surface area contributed by atoms with Crippen LogP contribution in [0.4, 0.5) is 11.4 Å². The number of halogens is 1. The first-order chi connectivity index (χ1) is 11.5. The van der Waals surface area contributed by atoms with E-state index in [1.807, 2.05) is 50.2 Å². The van der Waals surface area contributed by atoms with E-state index in [0.717, 1.165) is 30.0 Å². The van der Waals surface area contributed by atoms with Crippen molar-refractivity contribution in [2.45, 2.75) is 33.1 Å². The van der Waals surface area contributed by atoms with Gasteiger partial charge < -0.3 is 10.2 Å². The normalized spacial score (nSPS) is 14.5. The molecule has 0 bridgehead atoms. The van der Waals surface area contributed by atoms with Crippen LogP contribution >= 0.6 is 11.6 Å². The van der Waals surface area contributed by atoms with Crippen LogP contribution in [0.5, 0.6) is 0 Å². The Hall–Kier alpha value is -2.00. The first-order valence-corrected chi connectivity index (χ1v) is 8.85. The van der Waals surface area contributed by atoms with Crippen LogP contribution in [0, 0.1) is 13.8 Å². The molecule has 0 aromatic heterocycles. The summed E-state index contributed by atoms with van der Waals surface area (Å²) >= 11 is 6.45. The highest BCUT2D eigenvalue weighted by Gasteiger charge is 2.15. The zero-order valence-electron chi connectivity index (χ0n) is 14.2. The maximum atomic E-state index is 12.4. The molecular weight excluding hydrogens is 320 g/mol. The lowest BCUT2D eigenvalue weighted by atomic mass is 10.1. The average Bonchev–Trinajstić information content (AvgIpc) is 2.58. The molecule has 1 amide bonds. The zero-order chi connectivity index (χ0) is 17.1. The number of rotatable bonds is 3. The van der Waals surface area contributed by atoms with E-state index in [1.54, 1.807) is 0 Å². The molecule has 1 aliphatic heterocycles. The second-order valence-electron chi connectivity index (χ2n) is 6.47. The van der Waals surface area contributed by atoms with E-state index in [4.69, 9.17) is 11.6 Å².